The van der Waals surface area contributed by atoms with Crippen molar-refractivity contribution in [3.8, 4) is 0 Å². The van der Waals surface area contributed by atoms with Gasteiger partial charge in [-0.3, -0.25) is 0 Å². The maximum Gasteiger partial charge on any atom is 0.227 e. The van der Waals surface area contributed by atoms with Crippen LogP contribution in [0.2, 0.25) is 0 Å². The number of aryl methyl sites for hydroxylation is 1. The lowest BCUT2D eigenvalue weighted by Gasteiger charge is -2.16. The molecule has 22 heavy (non-hydrogen) atoms. The molecule has 1 fully saturated rings. The van der Waals surface area contributed by atoms with E-state index in [1.165, 1.54) is 12.8 Å². The first kappa shape index (κ1) is 16.7. The first-order valence-corrected chi connectivity index (χ1v) is 7.38. The molecule has 0 radical (unpaired) electrons. The molecule has 1 aromatic carbocycles. The topological polar surface area (TPSA) is 32.9 Å². The Morgan fingerprint density at radius 3 is 2.32 bits per heavy atom. The molecule has 0 unspecified atom stereocenters. The first-order valence-electron chi connectivity index (χ1n) is 7.38. The second-order valence-corrected chi connectivity index (χ2v) is 5.22. The van der Waals surface area contributed by atoms with Gasteiger partial charge in [-0.1, -0.05) is 24.3 Å². The Morgan fingerprint density at radius 2 is 1.64 bits per heavy atom. The summed E-state index contributed by atoms with van der Waals surface area (Å²) < 4.78 is 2.01. The van der Waals surface area contributed by atoms with Crippen LogP contribution in [0, 0.1) is 0 Å². The second kappa shape index (κ2) is 8.12. The van der Waals surface area contributed by atoms with Crippen LogP contribution in [0.4, 0.5) is 5.69 Å². The molecule has 0 spiro atoms. The van der Waals surface area contributed by atoms with Gasteiger partial charge in [0.1, 0.15) is 5.49 Å². The zero-order chi connectivity index (χ0) is 14.5. The van der Waals surface area contributed by atoms with Gasteiger partial charge in [0.25, 0.3) is 0 Å². The zero-order valence-electron chi connectivity index (χ0n) is 12.7. The smallest absolute Gasteiger partial charge is 0.227 e. The van der Waals surface area contributed by atoms with Crippen molar-refractivity contribution < 1.29 is 0 Å². The summed E-state index contributed by atoms with van der Waals surface area (Å²) in [6, 6.07) is 16.0. The number of aliphatic imine (C=N–C) groups is 1. The minimum Gasteiger partial charge on any atom is -0.341 e. The number of hydrogen-bond acceptors (Lipinski definition) is 1. The molecule has 5 heteroatoms. The quantitative estimate of drug-likeness (QED) is 0.405. The van der Waals surface area contributed by atoms with Gasteiger partial charge in [0.15, 0.2) is 0 Å². The van der Waals surface area contributed by atoms with E-state index >= 15 is 0 Å². The van der Waals surface area contributed by atoms with E-state index in [-0.39, 0.29) is 24.0 Å². The van der Waals surface area contributed by atoms with Crippen LogP contribution < -0.4 is 5.49 Å². The number of aromatic nitrogens is 1. The Labute approximate surface area is 148 Å². The van der Waals surface area contributed by atoms with Gasteiger partial charge in [-0.15, -0.1) is 24.0 Å². The molecule has 0 aliphatic carbocycles. The number of para-hydroxylation sites is 1. The Bertz CT molecular complexity index is 685. The molecule has 0 atom stereocenters. The highest BCUT2D eigenvalue weighted by Gasteiger charge is 2.15. The fourth-order valence-electron chi connectivity index (χ4n) is 2.43. The lowest BCUT2D eigenvalue weighted by atomic mass is 10.3. The molecule has 0 N–H and O–H groups in total. The summed E-state index contributed by atoms with van der Waals surface area (Å²) in [6.07, 6.45) is 4.43. The fraction of sp³-hybridized carbons (Fsp3) is 0.294. The number of hydrogen-bond donors (Lipinski definition) is 0. The van der Waals surface area contributed by atoms with Crippen LogP contribution in [-0.2, 0) is 7.05 Å². The van der Waals surface area contributed by atoms with E-state index in [0.717, 1.165) is 30.2 Å². The summed E-state index contributed by atoms with van der Waals surface area (Å²) in [5.41, 5.74) is 1.86. The third-order valence-electron chi connectivity index (χ3n) is 3.62. The SMILES string of the molecule is Cn1ccccc1=NC(=Nc1ccccc1)N1CCCC1.I. The number of pyridine rings is 1. The highest BCUT2D eigenvalue weighted by Crippen LogP contribution is 2.15. The summed E-state index contributed by atoms with van der Waals surface area (Å²) in [6.45, 7) is 2.07. The number of halogens is 1. The number of likely N-dealkylation sites (tertiary alicyclic amines) is 1. The molecule has 1 aliphatic heterocycles. The highest BCUT2D eigenvalue weighted by atomic mass is 127. The number of rotatable bonds is 1. The molecule has 0 saturated carbocycles. The summed E-state index contributed by atoms with van der Waals surface area (Å²) >= 11 is 0. The summed E-state index contributed by atoms with van der Waals surface area (Å²) in [5, 5.41) is 0. The van der Waals surface area contributed by atoms with Crippen LogP contribution in [0.3, 0.4) is 0 Å². The maximum absolute atomic E-state index is 4.77. The largest absolute Gasteiger partial charge is 0.341 e. The number of guanidine groups is 1. The van der Waals surface area contributed by atoms with Crippen molar-refractivity contribution in [3.63, 3.8) is 0 Å². The normalized spacial score (nSPS) is 15.8. The Kier molecular flexibility index (Phi) is 6.18. The minimum absolute atomic E-state index is 0. The van der Waals surface area contributed by atoms with Crippen molar-refractivity contribution in [1.29, 1.82) is 0 Å². The second-order valence-electron chi connectivity index (χ2n) is 5.22. The Balaban J connectivity index is 0.00000176. The number of benzene rings is 1. The molecule has 0 bridgehead atoms. The summed E-state index contributed by atoms with van der Waals surface area (Å²) in [4.78, 5) is 11.8. The van der Waals surface area contributed by atoms with Crippen LogP contribution in [-0.4, -0.2) is 28.5 Å². The third-order valence-corrected chi connectivity index (χ3v) is 3.62. The average Bonchev–Trinajstić information content (AvgIpc) is 3.04. The van der Waals surface area contributed by atoms with Crippen LogP contribution in [0.5, 0.6) is 0 Å². The molecule has 2 aromatic rings. The van der Waals surface area contributed by atoms with Crippen LogP contribution in [0.1, 0.15) is 12.8 Å². The van der Waals surface area contributed by atoms with Crippen molar-refractivity contribution in [2.45, 2.75) is 12.8 Å². The molecule has 1 aliphatic rings. The molecular formula is C17H21IN4. The van der Waals surface area contributed by atoms with Gasteiger partial charge in [0.2, 0.25) is 5.96 Å². The van der Waals surface area contributed by atoms with E-state index < -0.39 is 0 Å². The van der Waals surface area contributed by atoms with Crippen molar-refractivity contribution in [1.82, 2.24) is 9.47 Å². The minimum atomic E-state index is 0. The molecule has 3 rings (SSSR count). The molecule has 4 nitrogen and oxygen atoms in total. The molecule has 1 aromatic heterocycles. The molecular weight excluding hydrogens is 387 g/mol. The van der Waals surface area contributed by atoms with Gasteiger partial charge < -0.3 is 9.47 Å². The zero-order valence-corrected chi connectivity index (χ0v) is 15.1. The molecule has 0 amide bonds. The van der Waals surface area contributed by atoms with Gasteiger partial charge >= 0.3 is 0 Å². The lowest BCUT2D eigenvalue weighted by Crippen LogP contribution is -2.29. The van der Waals surface area contributed by atoms with Crippen molar-refractivity contribution in [2.75, 3.05) is 13.1 Å². The first-order chi connectivity index (χ1) is 10.3. The van der Waals surface area contributed by atoms with Crippen molar-refractivity contribution >= 4 is 35.6 Å². The molecule has 1 saturated heterocycles. The fourth-order valence-corrected chi connectivity index (χ4v) is 2.43. The van der Waals surface area contributed by atoms with Gasteiger partial charge in [-0.2, -0.15) is 4.99 Å². The monoisotopic (exact) mass is 408 g/mol. The van der Waals surface area contributed by atoms with Crippen molar-refractivity contribution in [2.24, 2.45) is 17.0 Å². The van der Waals surface area contributed by atoms with Gasteiger partial charge in [-0.05, 0) is 37.1 Å². The summed E-state index contributed by atoms with van der Waals surface area (Å²) in [7, 11) is 2.00. The van der Waals surface area contributed by atoms with E-state index in [1.807, 2.05) is 66.3 Å². The van der Waals surface area contributed by atoms with E-state index in [1.54, 1.807) is 0 Å². The van der Waals surface area contributed by atoms with Gasteiger partial charge in [0.05, 0.1) is 5.69 Å². The van der Waals surface area contributed by atoms with E-state index in [0.29, 0.717) is 0 Å². The lowest BCUT2D eigenvalue weighted by molar-refractivity contribution is 0.511. The number of nitrogens with zero attached hydrogens (tertiary/aromatic N) is 4. The summed E-state index contributed by atoms with van der Waals surface area (Å²) in [5.74, 6) is 0.806. The highest BCUT2D eigenvalue weighted by molar-refractivity contribution is 14.0. The van der Waals surface area contributed by atoms with Gasteiger partial charge in [-0.25, -0.2) is 4.99 Å². The average molecular weight is 408 g/mol. The molecule has 2 heterocycles. The maximum atomic E-state index is 4.77. The standard InChI is InChI=1S/C17H20N4.HI/c1-20-12-6-5-11-16(20)19-17(21-13-7-8-14-21)18-15-9-3-2-4-10-15;/h2-6,9-12H,7-8,13-14H2,1H3;1H. The van der Waals surface area contributed by atoms with Crippen LogP contribution >= 0.6 is 24.0 Å². The molecule has 116 valence electrons. The Morgan fingerprint density at radius 1 is 0.955 bits per heavy atom. The van der Waals surface area contributed by atoms with E-state index in [9.17, 15) is 0 Å². The predicted molar refractivity (Wildman–Crippen MR) is 101 cm³/mol. The van der Waals surface area contributed by atoms with Crippen LogP contribution in [0.15, 0.2) is 64.7 Å². The van der Waals surface area contributed by atoms with Crippen LogP contribution in [0.25, 0.3) is 0 Å². The van der Waals surface area contributed by atoms with Crippen molar-refractivity contribution in [3.05, 3.63) is 60.2 Å². The van der Waals surface area contributed by atoms with Gasteiger partial charge in [0, 0.05) is 26.3 Å². The Hall–Kier alpha value is -1.63. The third kappa shape index (κ3) is 4.19. The van der Waals surface area contributed by atoms with E-state index in [2.05, 4.69) is 4.90 Å². The van der Waals surface area contributed by atoms with E-state index in [4.69, 9.17) is 9.98 Å². The predicted octanol–water partition coefficient (Wildman–Crippen LogP) is 3.33.